The average molecular weight is 433 g/mol. The van der Waals surface area contributed by atoms with E-state index in [4.69, 9.17) is 25.3 Å². The Balaban J connectivity index is 2.83. The van der Waals surface area contributed by atoms with Crippen LogP contribution in [0, 0.1) is 13.8 Å². The molecule has 0 unspecified atom stereocenters. The number of phenols is 2. The van der Waals surface area contributed by atoms with E-state index in [1.54, 1.807) is 0 Å². The fraction of sp³-hybridized carbons (Fsp3) is 0.520. The maximum atomic E-state index is 10.7. The molecule has 0 saturated heterocycles. The minimum Gasteiger partial charge on any atom is -0.507 e. The van der Waals surface area contributed by atoms with E-state index in [1.165, 1.54) is 0 Å². The minimum absolute atomic E-state index is 0.130. The topological polar surface area (TPSA) is 40.5 Å². The molecule has 0 saturated carbocycles. The van der Waals surface area contributed by atoms with Gasteiger partial charge in [0.1, 0.15) is 11.5 Å². The third-order valence-corrected chi connectivity index (χ3v) is 5.99. The van der Waals surface area contributed by atoms with E-state index in [0.29, 0.717) is 11.5 Å². The molecule has 2 N–H and O–H groups in total. The third kappa shape index (κ3) is 5.08. The Hall–Kier alpha value is -1.26. The third-order valence-electron chi connectivity index (χ3n) is 5.48. The molecule has 0 atom stereocenters. The summed E-state index contributed by atoms with van der Waals surface area (Å²) in [6.45, 7) is 18.5. The molecule has 0 radical (unpaired) electrons. The standard InChI is InChI=1S/C25H36O2S2/c1-14-10-16(12-18(21(14)26)23(3,4)5)20(25(9,28)29)17-11-15(2)22(27)19(13-17)24(6,7)8/h10-13,20,26-29H,1-9H3. The smallest absolute Gasteiger partial charge is 0.122 e. The van der Waals surface area contributed by atoms with Gasteiger partial charge in [0, 0.05) is 5.92 Å². The van der Waals surface area contributed by atoms with E-state index in [1.807, 2.05) is 32.9 Å². The van der Waals surface area contributed by atoms with E-state index in [0.717, 1.165) is 33.4 Å². The number of phenolic OH excluding ortho intramolecular Hbond substituents is 2. The van der Waals surface area contributed by atoms with Gasteiger partial charge in [-0.25, -0.2) is 0 Å². The summed E-state index contributed by atoms with van der Waals surface area (Å²) < 4.78 is -0.642. The first-order valence-electron chi connectivity index (χ1n) is 10.1. The zero-order valence-corrected chi connectivity index (χ0v) is 21.0. The molecule has 160 valence electrons. The van der Waals surface area contributed by atoms with Crippen LogP contribution in [-0.4, -0.2) is 14.3 Å². The fourth-order valence-electron chi connectivity index (χ4n) is 3.92. The monoisotopic (exact) mass is 432 g/mol. The Morgan fingerprint density at radius 1 is 0.655 bits per heavy atom. The Kier molecular flexibility index (Phi) is 6.44. The second-order valence-electron chi connectivity index (χ2n) is 10.5. The molecule has 0 aliphatic heterocycles. The molecule has 2 aromatic carbocycles. The zero-order valence-electron chi connectivity index (χ0n) is 19.2. The number of aromatic hydroxyl groups is 2. The molecule has 2 nitrogen and oxygen atoms in total. The van der Waals surface area contributed by atoms with Gasteiger partial charge in [0.25, 0.3) is 0 Å². The molecule has 0 heterocycles. The van der Waals surface area contributed by atoms with Gasteiger partial charge in [-0.1, -0.05) is 65.8 Å². The Bertz CT molecular complexity index is 841. The van der Waals surface area contributed by atoms with Crippen LogP contribution in [0.4, 0.5) is 0 Å². The highest BCUT2D eigenvalue weighted by Gasteiger charge is 2.34. The second-order valence-corrected chi connectivity index (χ2v) is 12.7. The predicted molar refractivity (Wildman–Crippen MR) is 131 cm³/mol. The Morgan fingerprint density at radius 3 is 1.21 bits per heavy atom. The van der Waals surface area contributed by atoms with E-state index in [2.05, 4.69) is 53.7 Å². The normalized spacial score (nSPS) is 13.2. The van der Waals surface area contributed by atoms with Gasteiger partial charge in [0.15, 0.2) is 0 Å². The molecule has 0 aliphatic carbocycles. The lowest BCUT2D eigenvalue weighted by molar-refractivity contribution is 0.441. The molecule has 4 heteroatoms. The van der Waals surface area contributed by atoms with Crippen LogP contribution in [0.25, 0.3) is 0 Å². The van der Waals surface area contributed by atoms with Crippen molar-refractivity contribution in [3.8, 4) is 11.5 Å². The number of benzene rings is 2. The van der Waals surface area contributed by atoms with Crippen molar-refractivity contribution >= 4 is 25.3 Å². The summed E-state index contributed by atoms with van der Waals surface area (Å²) in [4.78, 5) is 0. The SMILES string of the molecule is Cc1cc(C(c2cc(C)c(O)c(C(C)(C)C)c2)C(C)(S)S)cc(C(C)(C)C)c1O. The van der Waals surface area contributed by atoms with Crippen molar-refractivity contribution in [3.05, 3.63) is 57.6 Å². The lowest BCUT2D eigenvalue weighted by Gasteiger charge is -2.33. The highest BCUT2D eigenvalue weighted by molar-refractivity contribution is 8.00. The van der Waals surface area contributed by atoms with Crippen LogP contribution in [0.2, 0.25) is 0 Å². The predicted octanol–water partition coefficient (Wildman–Crippen LogP) is 7.02. The number of thiol groups is 2. The maximum absolute atomic E-state index is 10.7. The van der Waals surface area contributed by atoms with Gasteiger partial charge >= 0.3 is 0 Å². The molecular weight excluding hydrogens is 396 g/mol. The molecule has 0 bridgehead atoms. The van der Waals surface area contributed by atoms with Gasteiger partial charge in [-0.15, -0.1) is 0 Å². The van der Waals surface area contributed by atoms with E-state index < -0.39 is 4.08 Å². The fourth-order valence-corrected chi connectivity index (χ4v) is 4.51. The van der Waals surface area contributed by atoms with Gasteiger partial charge < -0.3 is 10.2 Å². The Morgan fingerprint density at radius 2 is 0.966 bits per heavy atom. The Labute approximate surface area is 187 Å². The molecule has 0 fully saturated rings. The molecule has 29 heavy (non-hydrogen) atoms. The average Bonchev–Trinajstić information content (AvgIpc) is 2.50. The zero-order chi connectivity index (χ0) is 22.5. The maximum Gasteiger partial charge on any atom is 0.122 e. The quantitative estimate of drug-likeness (QED) is 0.311. The first kappa shape index (κ1) is 24.0. The highest BCUT2D eigenvalue weighted by atomic mass is 32.2. The van der Waals surface area contributed by atoms with Crippen LogP contribution in [0.15, 0.2) is 24.3 Å². The van der Waals surface area contributed by atoms with Gasteiger partial charge in [-0.05, 0) is 65.0 Å². The van der Waals surface area contributed by atoms with Crippen molar-refractivity contribution in [2.45, 2.75) is 83.1 Å². The summed E-state index contributed by atoms with van der Waals surface area (Å²) in [6.07, 6.45) is 0. The number of rotatable bonds is 3. The van der Waals surface area contributed by atoms with Crippen LogP contribution >= 0.6 is 25.3 Å². The number of aryl methyl sites for hydroxylation is 2. The summed E-state index contributed by atoms with van der Waals surface area (Å²) in [5.41, 5.74) is 5.24. The second kappa shape index (κ2) is 7.77. The number of hydrogen-bond acceptors (Lipinski definition) is 4. The van der Waals surface area contributed by atoms with Crippen molar-refractivity contribution in [2.75, 3.05) is 0 Å². The van der Waals surface area contributed by atoms with Crippen LogP contribution in [-0.2, 0) is 10.8 Å². The van der Waals surface area contributed by atoms with Gasteiger partial charge in [0.2, 0.25) is 0 Å². The van der Waals surface area contributed by atoms with E-state index >= 15 is 0 Å². The first-order valence-corrected chi connectivity index (χ1v) is 11.0. The first-order chi connectivity index (χ1) is 12.9. The summed E-state index contributed by atoms with van der Waals surface area (Å²) in [5.74, 6) is 0.560. The molecular formula is C25H36O2S2. The molecule has 2 aromatic rings. The summed E-state index contributed by atoms with van der Waals surface area (Å²) in [6, 6.07) is 8.21. The lowest BCUT2D eigenvalue weighted by Crippen LogP contribution is -2.24. The van der Waals surface area contributed by atoms with Crippen LogP contribution < -0.4 is 0 Å². The van der Waals surface area contributed by atoms with E-state index in [-0.39, 0.29) is 16.7 Å². The number of hydrogen-bond donors (Lipinski definition) is 4. The molecule has 0 amide bonds. The summed E-state index contributed by atoms with van der Waals surface area (Å²) in [7, 11) is 0. The van der Waals surface area contributed by atoms with Crippen LogP contribution in [0.1, 0.15) is 87.8 Å². The summed E-state index contributed by atoms with van der Waals surface area (Å²) in [5, 5.41) is 21.3. The van der Waals surface area contributed by atoms with Crippen LogP contribution in [0.3, 0.4) is 0 Å². The van der Waals surface area contributed by atoms with Gasteiger partial charge in [-0.3, -0.25) is 0 Å². The summed E-state index contributed by atoms with van der Waals surface area (Å²) >= 11 is 9.69. The van der Waals surface area contributed by atoms with Crippen molar-refractivity contribution in [1.29, 1.82) is 0 Å². The molecule has 0 spiro atoms. The minimum atomic E-state index is -0.642. The van der Waals surface area contributed by atoms with Crippen LogP contribution in [0.5, 0.6) is 11.5 Å². The molecule has 2 rings (SSSR count). The highest BCUT2D eigenvalue weighted by Crippen LogP contribution is 2.47. The molecule has 0 aliphatic rings. The van der Waals surface area contributed by atoms with Crippen molar-refractivity contribution in [2.24, 2.45) is 0 Å². The van der Waals surface area contributed by atoms with Crippen molar-refractivity contribution in [3.63, 3.8) is 0 Å². The van der Waals surface area contributed by atoms with Crippen molar-refractivity contribution < 1.29 is 10.2 Å². The lowest BCUT2D eigenvalue weighted by atomic mass is 9.78. The van der Waals surface area contributed by atoms with Gasteiger partial charge in [0.05, 0.1) is 4.08 Å². The molecule has 0 aromatic heterocycles. The largest absolute Gasteiger partial charge is 0.507 e. The van der Waals surface area contributed by atoms with E-state index in [9.17, 15) is 10.2 Å². The van der Waals surface area contributed by atoms with Crippen molar-refractivity contribution in [1.82, 2.24) is 0 Å². The van der Waals surface area contributed by atoms with Gasteiger partial charge in [-0.2, -0.15) is 25.3 Å².